The predicted molar refractivity (Wildman–Crippen MR) is 45.1 cm³/mol. The molecular formula is C10H12O. The summed E-state index contributed by atoms with van der Waals surface area (Å²) < 4.78 is 5.26. The minimum Gasteiger partial charge on any atom is -0.496 e. The van der Waals surface area contributed by atoms with E-state index in [1.54, 1.807) is 7.11 Å². The molecule has 1 aromatic carbocycles. The second-order valence-electron chi connectivity index (χ2n) is 3.10. The van der Waals surface area contributed by atoms with E-state index in [-0.39, 0.29) is 0 Å². The molecule has 0 amide bonds. The van der Waals surface area contributed by atoms with Gasteiger partial charge in [-0.15, -0.1) is 0 Å². The van der Waals surface area contributed by atoms with E-state index < -0.39 is 0 Å². The summed E-state index contributed by atoms with van der Waals surface area (Å²) in [6, 6.07) is 4.36. The molecule has 0 atom stereocenters. The molecular weight excluding hydrogens is 136 g/mol. The Kier molecular flexibility index (Phi) is 1.38. The SMILES string of the molecule is COc1cc(C)cc2c1CC2. The summed E-state index contributed by atoms with van der Waals surface area (Å²) in [6.07, 6.45) is 2.42. The van der Waals surface area contributed by atoms with E-state index in [0.717, 1.165) is 5.75 Å². The fourth-order valence-electron chi connectivity index (χ4n) is 1.63. The van der Waals surface area contributed by atoms with E-state index in [2.05, 4.69) is 19.1 Å². The average Bonchev–Trinajstić information content (AvgIpc) is 1.95. The fraction of sp³-hybridized carbons (Fsp3) is 0.400. The molecule has 1 nitrogen and oxygen atoms in total. The quantitative estimate of drug-likeness (QED) is 0.592. The summed E-state index contributed by atoms with van der Waals surface area (Å²) in [5, 5.41) is 0. The maximum Gasteiger partial charge on any atom is 0.122 e. The van der Waals surface area contributed by atoms with Crippen molar-refractivity contribution >= 4 is 0 Å². The topological polar surface area (TPSA) is 9.23 Å². The first-order chi connectivity index (χ1) is 5.31. The number of rotatable bonds is 1. The van der Waals surface area contributed by atoms with Crippen molar-refractivity contribution < 1.29 is 4.74 Å². The van der Waals surface area contributed by atoms with Crippen molar-refractivity contribution in [3.8, 4) is 5.75 Å². The minimum absolute atomic E-state index is 1.08. The summed E-state index contributed by atoms with van der Waals surface area (Å²) in [7, 11) is 1.74. The van der Waals surface area contributed by atoms with Gasteiger partial charge in [-0.1, -0.05) is 6.07 Å². The Morgan fingerprint density at radius 1 is 1.27 bits per heavy atom. The summed E-state index contributed by atoms with van der Waals surface area (Å²) in [5.74, 6) is 1.08. The van der Waals surface area contributed by atoms with Crippen LogP contribution in [0.2, 0.25) is 0 Å². The molecule has 11 heavy (non-hydrogen) atoms. The molecule has 0 fully saturated rings. The third-order valence-corrected chi connectivity index (χ3v) is 2.31. The highest BCUT2D eigenvalue weighted by atomic mass is 16.5. The lowest BCUT2D eigenvalue weighted by molar-refractivity contribution is 0.405. The van der Waals surface area contributed by atoms with Crippen molar-refractivity contribution in [2.75, 3.05) is 7.11 Å². The second-order valence-corrected chi connectivity index (χ2v) is 3.10. The van der Waals surface area contributed by atoms with Crippen LogP contribution in [0.5, 0.6) is 5.75 Å². The van der Waals surface area contributed by atoms with Crippen LogP contribution in [0.15, 0.2) is 12.1 Å². The van der Waals surface area contributed by atoms with Gasteiger partial charge in [0.1, 0.15) is 5.75 Å². The van der Waals surface area contributed by atoms with Crippen LogP contribution in [-0.4, -0.2) is 7.11 Å². The van der Waals surface area contributed by atoms with E-state index in [1.165, 1.54) is 29.5 Å². The van der Waals surface area contributed by atoms with Crippen LogP contribution in [0, 0.1) is 6.92 Å². The highest BCUT2D eigenvalue weighted by Gasteiger charge is 2.17. The van der Waals surface area contributed by atoms with Crippen LogP contribution < -0.4 is 4.74 Å². The number of benzene rings is 1. The second kappa shape index (κ2) is 2.26. The standard InChI is InChI=1S/C10H12O/c1-7-5-8-3-4-9(8)10(6-7)11-2/h5-6H,3-4H2,1-2H3. The summed E-state index contributed by atoms with van der Waals surface area (Å²) in [6.45, 7) is 2.11. The normalized spacial score (nSPS) is 13.6. The van der Waals surface area contributed by atoms with Gasteiger partial charge in [0, 0.05) is 0 Å². The van der Waals surface area contributed by atoms with Crippen molar-refractivity contribution in [3.63, 3.8) is 0 Å². The molecule has 1 aromatic rings. The van der Waals surface area contributed by atoms with E-state index in [4.69, 9.17) is 4.74 Å². The van der Waals surface area contributed by atoms with E-state index >= 15 is 0 Å². The first-order valence-electron chi connectivity index (χ1n) is 3.97. The van der Waals surface area contributed by atoms with Gasteiger partial charge in [0.15, 0.2) is 0 Å². The van der Waals surface area contributed by atoms with Gasteiger partial charge in [-0.25, -0.2) is 0 Å². The van der Waals surface area contributed by atoms with Crippen molar-refractivity contribution in [3.05, 3.63) is 28.8 Å². The zero-order valence-corrected chi connectivity index (χ0v) is 6.98. The fourth-order valence-corrected chi connectivity index (χ4v) is 1.63. The molecule has 0 aromatic heterocycles. The Balaban J connectivity index is 2.54. The molecule has 1 aliphatic rings. The zero-order chi connectivity index (χ0) is 7.84. The van der Waals surface area contributed by atoms with Crippen LogP contribution in [0.3, 0.4) is 0 Å². The molecule has 2 rings (SSSR count). The number of aryl methyl sites for hydroxylation is 2. The largest absolute Gasteiger partial charge is 0.496 e. The van der Waals surface area contributed by atoms with E-state index in [1.807, 2.05) is 0 Å². The third-order valence-electron chi connectivity index (χ3n) is 2.31. The third kappa shape index (κ3) is 0.917. The predicted octanol–water partition coefficient (Wildman–Crippen LogP) is 2.10. The van der Waals surface area contributed by atoms with Crippen molar-refractivity contribution in [1.82, 2.24) is 0 Å². The van der Waals surface area contributed by atoms with E-state index in [9.17, 15) is 0 Å². The molecule has 1 aliphatic carbocycles. The lowest BCUT2D eigenvalue weighted by atomic mass is 9.86. The Morgan fingerprint density at radius 3 is 2.64 bits per heavy atom. The molecule has 58 valence electrons. The number of ether oxygens (including phenoxy) is 1. The summed E-state index contributed by atoms with van der Waals surface area (Å²) >= 11 is 0. The summed E-state index contributed by atoms with van der Waals surface area (Å²) in [5.41, 5.74) is 4.19. The molecule has 0 heterocycles. The first-order valence-corrected chi connectivity index (χ1v) is 3.97. The minimum atomic E-state index is 1.08. The number of hydrogen-bond acceptors (Lipinski definition) is 1. The van der Waals surface area contributed by atoms with Crippen LogP contribution in [-0.2, 0) is 12.8 Å². The molecule has 0 bridgehead atoms. The Morgan fingerprint density at radius 2 is 2.09 bits per heavy atom. The first kappa shape index (κ1) is 6.71. The van der Waals surface area contributed by atoms with E-state index in [0.29, 0.717) is 0 Å². The van der Waals surface area contributed by atoms with Crippen molar-refractivity contribution in [2.45, 2.75) is 19.8 Å². The van der Waals surface area contributed by atoms with Gasteiger partial charge in [0.2, 0.25) is 0 Å². The Labute approximate surface area is 67.0 Å². The van der Waals surface area contributed by atoms with Crippen LogP contribution in [0.25, 0.3) is 0 Å². The average molecular weight is 148 g/mol. The lowest BCUT2D eigenvalue weighted by Gasteiger charge is -2.22. The molecule has 0 unspecified atom stereocenters. The molecule has 0 saturated carbocycles. The van der Waals surface area contributed by atoms with Gasteiger partial charge in [-0.2, -0.15) is 0 Å². The highest BCUT2D eigenvalue weighted by Crippen LogP contribution is 2.32. The number of fused-ring (bicyclic) bond motifs is 1. The zero-order valence-electron chi connectivity index (χ0n) is 6.98. The summed E-state index contributed by atoms with van der Waals surface area (Å²) in [4.78, 5) is 0. The van der Waals surface area contributed by atoms with Gasteiger partial charge < -0.3 is 4.74 Å². The molecule has 0 radical (unpaired) electrons. The molecule has 1 heteroatoms. The van der Waals surface area contributed by atoms with Crippen molar-refractivity contribution in [1.29, 1.82) is 0 Å². The number of methoxy groups -OCH3 is 1. The molecule has 0 aliphatic heterocycles. The lowest BCUT2D eigenvalue weighted by Crippen LogP contribution is -2.10. The Bertz CT molecular complexity index is 289. The maximum atomic E-state index is 5.26. The van der Waals surface area contributed by atoms with Gasteiger partial charge in [0.25, 0.3) is 0 Å². The highest BCUT2D eigenvalue weighted by molar-refractivity contribution is 5.48. The molecule has 0 N–H and O–H groups in total. The number of hydrogen-bond donors (Lipinski definition) is 0. The smallest absolute Gasteiger partial charge is 0.122 e. The van der Waals surface area contributed by atoms with Crippen molar-refractivity contribution in [2.24, 2.45) is 0 Å². The molecule has 0 spiro atoms. The van der Waals surface area contributed by atoms with Crippen LogP contribution in [0.4, 0.5) is 0 Å². The van der Waals surface area contributed by atoms with Gasteiger partial charge in [-0.3, -0.25) is 0 Å². The van der Waals surface area contributed by atoms with Crippen LogP contribution in [0.1, 0.15) is 16.7 Å². The Hall–Kier alpha value is -0.980. The molecule has 0 saturated heterocycles. The van der Waals surface area contributed by atoms with Gasteiger partial charge in [-0.05, 0) is 42.5 Å². The van der Waals surface area contributed by atoms with Gasteiger partial charge in [0.05, 0.1) is 7.11 Å². The van der Waals surface area contributed by atoms with Gasteiger partial charge >= 0.3 is 0 Å². The monoisotopic (exact) mass is 148 g/mol. The van der Waals surface area contributed by atoms with Crippen LogP contribution >= 0.6 is 0 Å². The maximum absolute atomic E-state index is 5.26.